The van der Waals surface area contributed by atoms with Crippen LogP contribution in [0.1, 0.15) is 19.8 Å². The van der Waals surface area contributed by atoms with Gasteiger partial charge in [0.15, 0.2) is 6.61 Å². The number of carbonyl (C=O) groups is 1. The molecule has 0 aromatic heterocycles. The van der Waals surface area contributed by atoms with Crippen LogP contribution in [-0.2, 0) is 4.79 Å². The number of hydrogen-bond acceptors (Lipinski definition) is 4. The molecule has 1 saturated heterocycles. The van der Waals surface area contributed by atoms with Gasteiger partial charge in [0.25, 0.3) is 0 Å². The first-order chi connectivity index (χ1) is 9.64. The highest BCUT2D eigenvalue weighted by Crippen LogP contribution is 2.28. The summed E-state index contributed by atoms with van der Waals surface area (Å²) in [7, 11) is 0. The van der Waals surface area contributed by atoms with Crippen molar-refractivity contribution in [2.45, 2.75) is 19.8 Å². The second-order valence-corrected chi connectivity index (χ2v) is 5.27. The first-order valence-corrected chi connectivity index (χ1v) is 6.76. The SMILES string of the molecule is CC1(C(=O)Nc2cccc(OCC#N)c2)CCCNC1. The number of nitriles is 1. The molecule has 0 bridgehead atoms. The Balaban J connectivity index is 2.02. The van der Waals surface area contributed by atoms with Crippen molar-refractivity contribution in [2.75, 3.05) is 25.0 Å². The van der Waals surface area contributed by atoms with Crippen LogP contribution in [0.15, 0.2) is 24.3 Å². The second-order valence-electron chi connectivity index (χ2n) is 5.27. The van der Waals surface area contributed by atoms with Crippen LogP contribution >= 0.6 is 0 Å². The van der Waals surface area contributed by atoms with E-state index in [0.29, 0.717) is 18.0 Å². The molecule has 0 radical (unpaired) electrons. The Morgan fingerprint density at radius 3 is 3.15 bits per heavy atom. The molecule has 20 heavy (non-hydrogen) atoms. The molecule has 1 aromatic carbocycles. The number of nitrogens with zero attached hydrogens (tertiary/aromatic N) is 1. The Morgan fingerprint density at radius 1 is 1.60 bits per heavy atom. The van der Waals surface area contributed by atoms with Crippen LogP contribution in [0.4, 0.5) is 5.69 Å². The highest BCUT2D eigenvalue weighted by atomic mass is 16.5. The first-order valence-electron chi connectivity index (χ1n) is 6.76. The highest BCUT2D eigenvalue weighted by molar-refractivity contribution is 5.95. The van der Waals surface area contributed by atoms with Gasteiger partial charge in [0.2, 0.25) is 5.91 Å². The van der Waals surface area contributed by atoms with Gasteiger partial charge in [0.1, 0.15) is 11.8 Å². The first kappa shape index (κ1) is 14.4. The van der Waals surface area contributed by atoms with Crippen LogP contribution in [0.2, 0.25) is 0 Å². The minimum Gasteiger partial charge on any atom is -0.479 e. The van der Waals surface area contributed by atoms with Crippen molar-refractivity contribution in [1.29, 1.82) is 5.26 Å². The van der Waals surface area contributed by atoms with E-state index in [1.54, 1.807) is 18.2 Å². The predicted molar refractivity (Wildman–Crippen MR) is 76.4 cm³/mol. The molecule has 2 rings (SSSR count). The molecule has 1 aromatic rings. The molecule has 5 nitrogen and oxygen atoms in total. The fraction of sp³-hybridized carbons (Fsp3) is 0.467. The fourth-order valence-electron chi connectivity index (χ4n) is 2.31. The number of anilines is 1. The van der Waals surface area contributed by atoms with Gasteiger partial charge >= 0.3 is 0 Å². The quantitative estimate of drug-likeness (QED) is 0.879. The summed E-state index contributed by atoms with van der Waals surface area (Å²) >= 11 is 0. The third kappa shape index (κ3) is 3.49. The Morgan fingerprint density at radius 2 is 2.45 bits per heavy atom. The van der Waals surface area contributed by atoms with Gasteiger partial charge < -0.3 is 15.4 Å². The van der Waals surface area contributed by atoms with Crippen molar-refractivity contribution in [3.63, 3.8) is 0 Å². The number of carbonyl (C=O) groups excluding carboxylic acids is 1. The lowest BCUT2D eigenvalue weighted by atomic mass is 9.82. The molecule has 1 heterocycles. The highest BCUT2D eigenvalue weighted by Gasteiger charge is 2.34. The minimum absolute atomic E-state index is 0.000957. The number of piperidine rings is 1. The van der Waals surface area contributed by atoms with Crippen LogP contribution in [0.25, 0.3) is 0 Å². The minimum atomic E-state index is -0.373. The van der Waals surface area contributed by atoms with Crippen molar-refractivity contribution in [2.24, 2.45) is 5.41 Å². The monoisotopic (exact) mass is 273 g/mol. The Labute approximate surface area is 118 Å². The van der Waals surface area contributed by atoms with E-state index >= 15 is 0 Å². The summed E-state index contributed by atoms with van der Waals surface area (Å²) in [5.41, 5.74) is 0.319. The van der Waals surface area contributed by atoms with Crippen LogP contribution < -0.4 is 15.4 Å². The Bertz CT molecular complexity index is 516. The van der Waals surface area contributed by atoms with E-state index in [1.165, 1.54) is 0 Å². The molecule has 1 unspecified atom stereocenters. The summed E-state index contributed by atoms with van der Waals surface area (Å²) in [5, 5.41) is 14.7. The van der Waals surface area contributed by atoms with Crippen molar-refractivity contribution in [1.82, 2.24) is 5.32 Å². The lowest BCUT2D eigenvalue weighted by Gasteiger charge is -2.32. The van der Waals surface area contributed by atoms with Gasteiger partial charge in [-0.1, -0.05) is 6.07 Å². The molecule has 106 valence electrons. The molecule has 1 aliphatic rings. The average molecular weight is 273 g/mol. The van der Waals surface area contributed by atoms with Crippen molar-refractivity contribution in [3.8, 4) is 11.8 Å². The lowest BCUT2D eigenvalue weighted by molar-refractivity contribution is -0.125. The standard InChI is InChI=1S/C15H19N3O2/c1-15(6-3-8-17-11-15)14(19)18-12-4-2-5-13(10-12)20-9-7-16/h2,4-5,10,17H,3,6,8-9,11H2,1H3,(H,18,19). The number of ether oxygens (including phenoxy) is 1. The van der Waals surface area contributed by atoms with Gasteiger partial charge in [0, 0.05) is 18.3 Å². The third-order valence-corrected chi connectivity index (χ3v) is 3.54. The van der Waals surface area contributed by atoms with Gasteiger partial charge in [-0.15, -0.1) is 0 Å². The summed E-state index contributed by atoms with van der Waals surface area (Å²) in [6.07, 6.45) is 1.89. The molecule has 1 amide bonds. The summed E-state index contributed by atoms with van der Waals surface area (Å²) in [6.45, 7) is 3.65. The maximum Gasteiger partial charge on any atom is 0.231 e. The largest absolute Gasteiger partial charge is 0.479 e. The Hall–Kier alpha value is -2.06. The molecule has 0 saturated carbocycles. The summed E-state index contributed by atoms with van der Waals surface area (Å²) in [6, 6.07) is 9.02. The van der Waals surface area contributed by atoms with E-state index < -0.39 is 0 Å². The molecule has 0 aliphatic carbocycles. The van der Waals surface area contributed by atoms with Crippen LogP contribution in [0.3, 0.4) is 0 Å². The van der Waals surface area contributed by atoms with Gasteiger partial charge in [-0.25, -0.2) is 0 Å². The molecule has 2 N–H and O–H groups in total. The molecule has 1 aliphatic heterocycles. The zero-order valence-electron chi connectivity index (χ0n) is 11.6. The number of benzene rings is 1. The molecular weight excluding hydrogens is 254 g/mol. The van der Waals surface area contributed by atoms with E-state index in [2.05, 4.69) is 10.6 Å². The van der Waals surface area contributed by atoms with Gasteiger partial charge in [-0.3, -0.25) is 4.79 Å². The van der Waals surface area contributed by atoms with Crippen LogP contribution in [0, 0.1) is 16.7 Å². The molecule has 0 spiro atoms. The van der Waals surface area contributed by atoms with E-state index in [1.807, 2.05) is 19.1 Å². The number of hydrogen-bond donors (Lipinski definition) is 2. The van der Waals surface area contributed by atoms with Crippen LogP contribution in [0.5, 0.6) is 5.75 Å². The summed E-state index contributed by atoms with van der Waals surface area (Å²) in [5.74, 6) is 0.596. The average Bonchev–Trinajstić information content (AvgIpc) is 2.46. The third-order valence-electron chi connectivity index (χ3n) is 3.54. The topological polar surface area (TPSA) is 74.1 Å². The zero-order chi connectivity index (χ0) is 14.4. The molecule has 5 heteroatoms. The maximum absolute atomic E-state index is 12.4. The summed E-state index contributed by atoms with van der Waals surface area (Å²) in [4.78, 5) is 12.4. The van der Waals surface area contributed by atoms with Gasteiger partial charge in [-0.2, -0.15) is 5.26 Å². The van der Waals surface area contributed by atoms with E-state index in [-0.39, 0.29) is 17.9 Å². The van der Waals surface area contributed by atoms with Crippen LogP contribution in [-0.4, -0.2) is 25.6 Å². The van der Waals surface area contributed by atoms with Crippen molar-refractivity contribution < 1.29 is 9.53 Å². The van der Waals surface area contributed by atoms with E-state index in [9.17, 15) is 4.79 Å². The zero-order valence-corrected chi connectivity index (χ0v) is 11.6. The maximum atomic E-state index is 12.4. The van der Waals surface area contributed by atoms with Gasteiger partial charge in [0.05, 0.1) is 5.41 Å². The smallest absolute Gasteiger partial charge is 0.231 e. The van der Waals surface area contributed by atoms with E-state index in [4.69, 9.17) is 10.00 Å². The number of rotatable bonds is 4. The van der Waals surface area contributed by atoms with Crippen molar-refractivity contribution in [3.05, 3.63) is 24.3 Å². The second kappa shape index (κ2) is 6.40. The molecular formula is C15H19N3O2. The number of amides is 1. The molecule has 1 atom stereocenters. The molecule has 1 fully saturated rings. The van der Waals surface area contributed by atoms with E-state index in [0.717, 1.165) is 19.4 Å². The summed E-state index contributed by atoms with van der Waals surface area (Å²) < 4.78 is 5.22. The van der Waals surface area contributed by atoms with Gasteiger partial charge in [-0.05, 0) is 38.4 Å². The normalized spacial score (nSPS) is 21.8. The lowest BCUT2D eigenvalue weighted by Crippen LogP contribution is -2.46. The fourth-order valence-corrected chi connectivity index (χ4v) is 2.31. The van der Waals surface area contributed by atoms with Crippen molar-refractivity contribution >= 4 is 11.6 Å². The predicted octanol–water partition coefficient (Wildman–Crippen LogP) is 1.92. The number of nitrogens with one attached hydrogen (secondary N) is 2. The Kier molecular flexibility index (Phi) is 4.59.